The summed E-state index contributed by atoms with van der Waals surface area (Å²) in [5, 5.41) is 1.10. The Morgan fingerprint density at radius 3 is 2.15 bits per heavy atom. The van der Waals surface area contributed by atoms with E-state index in [4.69, 9.17) is 9.97 Å². The van der Waals surface area contributed by atoms with E-state index in [2.05, 4.69) is 75.4 Å². The molecule has 27 heavy (non-hydrogen) atoms. The molecule has 0 N–H and O–H groups in total. The van der Waals surface area contributed by atoms with Gasteiger partial charge in [0.05, 0.1) is 11.2 Å². The van der Waals surface area contributed by atoms with Crippen LogP contribution in [0.3, 0.4) is 0 Å². The van der Waals surface area contributed by atoms with Crippen LogP contribution in [0.2, 0.25) is 0 Å². The second-order valence-corrected chi connectivity index (χ2v) is 8.17. The smallest absolute Gasteiger partial charge is 0.160 e. The second kappa shape index (κ2) is 6.96. The van der Waals surface area contributed by atoms with Crippen LogP contribution in [0.5, 0.6) is 0 Å². The van der Waals surface area contributed by atoms with Gasteiger partial charge in [-0.2, -0.15) is 0 Å². The summed E-state index contributed by atoms with van der Waals surface area (Å²) < 4.78 is 0. The standard InChI is InChI=1S/C25H24N2/c1-25(2,3)17-19-13-7-8-14-20(19)23-21-15-9-10-16-22(21)26-24(27-23)18-11-5-4-6-12-18/h4-16H,17H2,1-3H3. The molecule has 0 saturated heterocycles. The van der Waals surface area contributed by atoms with Crippen molar-refractivity contribution in [3.8, 4) is 22.6 Å². The number of rotatable bonds is 3. The first-order valence-corrected chi connectivity index (χ1v) is 9.42. The van der Waals surface area contributed by atoms with E-state index in [0.29, 0.717) is 0 Å². The highest BCUT2D eigenvalue weighted by molar-refractivity contribution is 5.94. The monoisotopic (exact) mass is 352 g/mol. The summed E-state index contributed by atoms with van der Waals surface area (Å²) in [5.41, 5.74) is 5.77. The van der Waals surface area contributed by atoms with Crippen LogP contribution >= 0.6 is 0 Å². The van der Waals surface area contributed by atoms with Crippen molar-refractivity contribution in [3.63, 3.8) is 0 Å². The Morgan fingerprint density at radius 2 is 1.37 bits per heavy atom. The Balaban J connectivity index is 1.97. The third-order valence-corrected chi connectivity index (χ3v) is 4.63. The summed E-state index contributed by atoms with van der Waals surface area (Å²) in [6.07, 6.45) is 1.00. The van der Waals surface area contributed by atoms with Gasteiger partial charge in [-0.1, -0.05) is 93.6 Å². The molecule has 2 nitrogen and oxygen atoms in total. The molecule has 134 valence electrons. The molecule has 0 unspecified atom stereocenters. The Labute approximate surface area is 160 Å². The first-order chi connectivity index (χ1) is 13.0. The maximum absolute atomic E-state index is 5.02. The van der Waals surface area contributed by atoms with Crippen LogP contribution in [0.4, 0.5) is 0 Å². The van der Waals surface area contributed by atoms with Gasteiger partial charge >= 0.3 is 0 Å². The molecule has 1 heterocycles. The van der Waals surface area contributed by atoms with E-state index >= 15 is 0 Å². The number of para-hydroxylation sites is 1. The molecule has 0 aliphatic rings. The van der Waals surface area contributed by atoms with E-state index in [1.54, 1.807) is 0 Å². The lowest BCUT2D eigenvalue weighted by molar-refractivity contribution is 0.411. The van der Waals surface area contributed by atoms with Crippen molar-refractivity contribution in [2.75, 3.05) is 0 Å². The molecule has 0 fully saturated rings. The molecule has 0 atom stereocenters. The summed E-state index contributed by atoms with van der Waals surface area (Å²) >= 11 is 0. The molecule has 0 aliphatic heterocycles. The molecule has 0 spiro atoms. The van der Waals surface area contributed by atoms with Gasteiger partial charge < -0.3 is 0 Å². The molecule has 4 rings (SSSR count). The molecule has 1 aromatic heterocycles. The first-order valence-electron chi connectivity index (χ1n) is 9.42. The molecular formula is C25H24N2. The average molecular weight is 352 g/mol. The quantitative estimate of drug-likeness (QED) is 0.418. The van der Waals surface area contributed by atoms with Gasteiger partial charge in [-0.3, -0.25) is 0 Å². The maximum Gasteiger partial charge on any atom is 0.160 e. The lowest BCUT2D eigenvalue weighted by atomic mass is 9.85. The Hall–Kier alpha value is -3.00. The van der Waals surface area contributed by atoms with Gasteiger partial charge in [0.2, 0.25) is 0 Å². The van der Waals surface area contributed by atoms with E-state index in [9.17, 15) is 0 Å². The third kappa shape index (κ3) is 3.75. The Morgan fingerprint density at radius 1 is 0.704 bits per heavy atom. The molecular weight excluding hydrogens is 328 g/mol. The van der Waals surface area contributed by atoms with Gasteiger partial charge in [-0.15, -0.1) is 0 Å². The van der Waals surface area contributed by atoms with Crippen molar-refractivity contribution in [2.24, 2.45) is 5.41 Å². The summed E-state index contributed by atoms with van der Waals surface area (Å²) in [4.78, 5) is 9.85. The zero-order valence-corrected chi connectivity index (χ0v) is 16.1. The van der Waals surface area contributed by atoms with Crippen LogP contribution in [-0.4, -0.2) is 9.97 Å². The van der Waals surface area contributed by atoms with Crippen molar-refractivity contribution < 1.29 is 0 Å². The van der Waals surface area contributed by atoms with Crippen molar-refractivity contribution in [1.29, 1.82) is 0 Å². The van der Waals surface area contributed by atoms with Crippen LogP contribution in [0, 0.1) is 5.41 Å². The fourth-order valence-electron chi connectivity index (χ4n) is 3.48. The van der Waals surface area contributed by atoms with E-state index in [1.807, 2.05) is 24.3 Å². The molecule has 0 aliphatic carbocycles. The van der Waals surface area contributed by atoms with Gasteiger partial charge in [-0.25, -0.2) is 9.97 Å². The molecule has 4 aromatic rings. The molecule has 0 radical (unpaired) electrons. The number of fused-ring (bicyclic) bond motifs is 1. The first kappa shape index (κ1) is 17.4. The summed E-state index contributed by atoms with van der Waals surface area (Å²) in [6.45, 7) is 6.83. The van der Waals surface area contributed by atoms with Crippen molar-refractivity contribution >= 4 is 10.9 Å². The van der Waals surface area contributed by atoms with E-state index in [1.165, 1.54) is 11.1 Å². The molecule has 0 bridgehead atoms. The van der Waals surface area contributed by atoms with E-state index < -0.39 is 0 Å². The van der Waals surface area contributed by atoms with Gasteiger partial charge in [-0.05, 0) is 23.5 Å². The number of benzene rings is 3. The number of aromatic nitrogens is 2. The van der Waals surface area contributed by atoms with Crippen LogP contribution in [-0.2, 0) is 6.42 Å². The van der Waals surface area contributed by atoms with Gasteiger partial charge in [0.15, 0.2) is 5.82 Å². The van der Waals surface area contributed by atoms with Crippen LogP contribution in [0.1, 0.15) is 26.3 Å². The second-order valence-electron chi connectivity index (χ2n) is 8.17. The van der Waals surface area contributed by atoms with Gasteiger partial charge in [0.1, 0.15) is 0 Å². The minimum absolute atomic E-state index is 0.210. The largest absolute Gasteiger partial charge is 0.228 e. The summed E-state index contributed by atoms with van der Waals surface area (Å²) in [6, 6.07) is 27.1. The van der Waals surface area contributed by atoms with Crippen molar-refractivity contribution in [1.82, 2.24) is 9.97 Å². The van der Waals surface area contributed by atoms with Crippen LogP contribution < -0.4 is 0 Å². The molecule has 0 amide bonds. The molecule has 3 aromatic carbocycles. The number of nitrogens with zero attached hydrogens (tertiary/aromatic N) is 2. The minimum Gasteiger partial charge on any atom is -0.228 e. The highest BCUT2D eigenvalue weighted by atomic mass is 14.9. The third-order valence-electron chi connectivity index (χ3n) is 4.63. The fourth-order valence-corrected chi connectivity index (χ4v) is 3.48. The predicted molar refractivity (Wildman–Crippen MR) is 114 cm³/mol. The summed E-state index contributed by atoms with van der Waals surface area (Å²) in [5.74, 6) is 0.773. The van der Waals surface area contributed by atoms with Crippen LogP contribution in [0.25, 0.3) is 33.5 Å². The zero-order valence-electron chi connectivity index (χ0n) is 16.1. The van der Waals surface area contributed by atoms with Crippen LogP contribution in [0.15, 0.2) is 78.9 Å². The molecule has 0 saturated carbocycles. The minimum atomic E-state index is 0.210. The fraction of sp³-hybridized carbons (Fsp3) is 0.200. The Bertz CT molecular complexity index is 1080. The predicted octanol–water partition coefficient (Wildman–Crippen LogP) is 6.55. The molecule has 2 heteroatoms. The SMILES string of the molecule is CC(C)(C)Cc1ccccc1-c1nc(-c2ccccc2)nc2ccccc12. The maximum atomic E-state index is 5.02. The van der Waals surface area contributed by atoms with Gasteiger partial charge in [0, 0.05) is 16.5 Å². The number of hydrogen-bond donors (Lipinski definition) is 0. The average Bonchev–Trinajstić information content (AvgIpc) is 2.67. The zero-order chi connectivity index (χ0) is 18.9. The lowest BCUT2D eigenvalue weighted by Crippen LogP contribution is -2.10. The highest BCUT2D eigenvalue weighted by Crippen LogP contribution is 2.33. The van der Waals surface area contributed by atoms with E-state index in [-0.39, 0.29) is 5.41 Å². The number of hydrogen-bond acceptors (Lipinski definition) is 2. The highest BCUT2D eigenvalue weighted by Gasteiger charge is 2.18. The Kier molecular flexibility index (Phi) is 4.49. The normalized spacial score (nSPS) is 11.7. The summed E-state index contributed by atoms with van der Waals surface area (Å²) in [7, 11) is 0. The lowest BCUT2D eigenvalue weighted by Gasteiger charge is -2.21. The van der Waals surface area contributed by atoms with E-state index in [0.717, 1.165) is 34.4 Å². The van der Waals surface area contributed by atoms with Crippen molar-refractivity contribution in [3.05, 3.63) is 84.4 Å². The van der Waals surface area contributed by atoms with Crippen molar-refractivity contribution in [2.45, 2.75) is 27.2 Å². The topological polar surface area (TPSA) is 25.8 Å². The van der Waals surface area contributed by atoms with Gasteiger partial charge in [0.25, 0.3) is 0 Å².